The molecule has 2 aliphatic carbocycles. The molecule has 4 nitrogen and oxygen atoms in total. The fraction of sp³-hybridized carbons (Fsp3) is 0.143. The monoisotopic (exact) mass is 950 g/mol. The molecule has 0 fully saturated rings. The van der Waals surface area contributed by atoms with Crippen LogP contribution in [-0.2, 0) is 14.1 Å². The number of para-hydroxylation sites is 4. The highest BCUT2D eigenvalue weighted by Gasteiger charge is 2.42. The van der Waals surface area contributed by atoms with Crippen molar-refractivity contribution in [1.82, 2.24) is 18.3 Å². The maximum absolute atomic E-state index is 2.63. The van der Waals surface area contributed by atoms with Gasteiger partial charge in [0, 0.05) is 90.6 Å². The van der Waals surface area contributed by atoms with Crippen LogP contribution < -0.4 is 0 Å². The molecule has 4 atom stereocenters. The standard InChI is InChI=1S/C70H54N4/c1-39-41(3)65-68-52(38-58-56-36-46(28-32-64(56)73(69(58)65)47-17-9-7-10-18-47)44-26-30-62-54(34-44)50-22-14-16-24-60(50)72(62)6)40(2)42(4)66-67(68)51(39)37-57-55-35-45(27-31-63(55)74(70(57)66)48-19-11-8-12-20-48)43-25-29-61-53(33-43)49-21-13-15-23-59(49)71(61)5/h7-42H,1-6H3. The van der Waals surface area contributed by atoms with Gasteiger partial charge in [0.05, 0.1) is 22.1 Å². The predicted molar refractivity (Wildman–Crippen MR) is 313 cm³/mol. The predicted octanol–water partition coefficient (Wildman–Crippen LogP) is 18.6. The topological polar surface area (TPSA) is 19.7 Å². The summed E-state index contributed by atoms with van der Waals surface area (Å²) >= 11 is 0. The van der Waals surface area contributed by atoms with E-state index in [1.165, 1.54) is 154 Å². The van der Waals surface area contributed by atoms with E-state index in [0.717, 1.165) is 0 Å². The van der Waals surface area contributed by atoms with E-state index in [9.17, 15) is 0 Å². The number of hydrogen-bond donors (Lipinski definition) is 0. The van der Waals surface area contributed by atoms with Crippen LogP contribution in [0.3, 0.4) is 0 Å². The number of fused-ring (bicyclic) bond motifs is 14. The molecule has 2 aliphatic rings. The minimum Gasteiger partial charge on any atom is -0.344 e. The van der Waals surface area contributed by atoms with Gasteiger partial charge < -0.3 is 18.3 Å². The maximum Gasteiger partial charge on any atom is 0.0582 e. The average molecular weight is 951 g/mol. The van der Waals surface area contributed by atoms with Crippen molar-refractivity contribution in [1.29, 1.82) is 0 Å². The van der Waals surface area contributed by atoms with Crippen LogP contribution in [0, 0.1) is 0 Å². The Kier molecular flexibility index (Phi) is 8.50. The van der Waals surface area contributed by atoms with Crippen LogP contribution in [0.4, 0.5) is 0 Å². The Morgan fingerprint density at radius 3 is 1.00 bits per heavy atom. The molecule has 4 heteroatoms. The second-order valence-corrected chi connectivity index (χ2v) is 21.9. The fourth-order valence-corrected chi connectivity index (χ4v) is 14.4. The zero-order chi connectivity index (χ0) is 49.4. The normalized spacial score (nSPS) is 17.3. The summed E-state index contributed by atoms with van der Waals surface area (Å²) in [6.07, 6.45) is 0. The van der Waals surface area contributed by atoms with Gasteiger partial charge in [0.25, 0.3) is 0 Å². The molecular formula is C70H54N4. The van der Waals surface area contributed by atoms with E-state index >= 15 is 0 Å². The molecule has 0 saturated heterocycles. The third-order valence-electron chi connectivity index (χ3n) is 18.4. The van der Waals surface area contributed by atoms with Crippen molar-refractivity contribution >= 4 is 87.2 Å². The lowest BCUT2D eigenvalue weighted by Gasteiger charge is -2.42. The van der Waals surface area contributed by atoms with E-state index in [0.29, 0.717) is 0 Å². The molecule has 0 aliphatic heterocycles. The largest absolute Gasteiger partial charge is 0.344 e. The first-order valence-corrected chi connectivity index (χ1v) is 26.6. The SMILES string of the molecule is CC1c2cc3c4cc(-c5ccc6c(c5)c5ccccc5n6C)ccc4n(-c4ccccc4)c3c3c2-c2c(cc4c5cc(-c6ccc7c(c6)c6ccccc6n7C)ccc5n(-c5ccccc5)c4c2C1C)C(C)C3C. The summed E-state index contributed by atoms with van der Waals surface area (Å²) in [5.74, 6) is 1.07. The summed E-state index contributed by atoms with van der Waals surface area (Å²) in [4.78, 5) is 0. The molecular weight excluding hydrogens is 897 g/mol. The van der Waals surface area contributed by atoms with Crippen LogP contribution in [0.2, 0.25) is 0 Å². The van der Waals surface area contributed by atoms with Crippen molar-refractivity contribution in [3.8, 4) is 44.8 Å². The number of aromatic nitrogens is 4. The summed E-state index contributed by atoms with van der Waals surface area (Å²) in [5, 5.41) is 10.5. The zero-order valence-corrected chi connectivity index (χ0v) is 42.6. The van der Waals surface area contributed by atoms with Gasteiger partial charge in [0.15, 0.2) is 0 Å². The van der Waals surface area contributed by atoms with Gasteiger partial charge in [-0.2, -0.15) is 0 Å². The number of hydrogen-bond acceptors (Lipinski definition) is 0. The number of aryl methyl sites for hydroxylation is 2. The summed E-state index contributed by atoms with van der Waals surface area (Å²) in [7, 11) is 4.37. The van der Waals surface area contributed by atoms with Crippen LogP contribution in [0.5, 0.6) is 0 Å². The average Bonchev–Trinajstić information content (AvgIpc) is 4.16. The maximum atomic E-state index is 2.63. The molecule has 0 spiro atoms. The molecule has 0 amide bonds. The molecule has 0 N–H and O–H groups in total. The number of rotatable bonds is 4. The van der Waals surface area contributed by atoms with Crippen molar-refractivity contribution < 1.29 is 0 Å². The van der Waals surface area contributed by atoms with Gasteiger partial charge in [-0.3, -0.25) is 0 Å². The number of benzene rings is 10. The molecule has 74 heavy (non-hydrogen) atoms. The van der Waals surface area contributed by atoms with Gasteiger partial charge in [-0.15, -0.1) is 0 Å². The van der Waals surface area contributed by atoms with E-state index in [4.69, 9.17) is 0 Å². The molecule has 4 heterocycles. The lowest BCUT2D eigenvalue weighted by atomic mass is 9.62. The third kappa shape index (κ3) is 5.42. The lowest BCUT2D eigenvalue weighted by Crippen LogP contribution is -2.24. The number of nitrogens with zero attached hydrogens (tertiary/aromatic N) is 4. The highest BCUT2D eigenvalue weighted by Crippen LogP contribution is 2.61. The molecule has 0 bridgehead atoms. The minimum absolute atomic E-state index is 0.260. The van der Waals surface area contributed by atoms with Gasteiger partial charge >= 0.3 is 0 Å². The Morgan fingerprint density at radius 2 is 0.608 bits per heavy atom. The van der Waals surface area contributed by atoms with Crippen molar-refractivity contribution in [3.05, 3.63) is 216 Å². The highest BCUT2D eigenvalue weighted by molar-refractivity contribution is 6.18. The smallest absolute Gasteiger partial charge is 0.0582 e. The lowest BCUT2D eigenvalue weighted by molar-refractivity contribution is 0.584. The third-order valence-corrected chi connectivity index (χ3v) is 18.4. The van der Waals surface area contributed by atoms with Crippen LogP contribution in [0.25, 0.3) is 132 Å². The Labute approximate surface area is 429 Å². The first-order chi connectivity index (χ1) is 36.2. The van der Waals surface area contributed by atoms with Crippen LogP contribution in [-0.4, -0.2) is 18.3 Å². The van der Waals surface area contributed by atoms with E-state index in [1.54, 1.807) is 0 Å². The van der Waals surface area contributed by atoms with Crippen molar-refractivity contribution in [2.75, 3.05) is 0 Å². The Balaban J connectivity index is 0.972. The molecule has 14 aromatic rings. The molecule has 16 rings (SSSR count). The van der Waals surface area contributed by atoms with Crippen LogP contribution in [0.1, 0.15) is 73.6 Å². The minimum atomic E-state index is 0.260. The van der Waals surface area contributed by atoms with Crippen LogP contribution in [0.15, 0.2) is 194 Å². The van der Waals surface area contributed by atoms with E-state index in [2.05, 4.69) is 254 Å². The first-order valence-electron chi connectivity index (χ1n) is 26.6. The molecule has 354 valence electrons. The molecule has 4 unspecified atom stereocenters. The Hall–Kier alpha value is -8.60. The van der Waals surface area contributed by atoms with Gasteiger partial charge in [-0.05, 0) is 176 Å². The Bertz CT molecular complexity index is 4440. The van der Waals surface area contributed by atoms with Crippen molar-refractivity contribution in [3.63, 3.8) is 0 Å². The molecule has 0 radical (unpaired) electrons. The second-order valence-electron chi connectivity index (χ2n) is 21.9. The molecule has 0 saturated carbocycles. The molecule has 10 aromatic carbocycles. The second kappa shape index (κ2) is 15.0. The van der Waals surface area contributed by atoms with Gasteiger partial charge in [-0.25, -0.2) is 0 Å². The highest BCUT2D eigenvalue weighted by atomic mass is 15.0. The van der Waals surface area contributed by atoms with Crippen molar-refractivity contribution in [2.45, 2.75) is 51.4 Å². The quantitative estimate of drug-likeness (QED) is 0.168. The van der Waals surface area contributed by atoms with Gasteiger partial charge in [0.1, 0.15) is 0 Å². The zero-order valence-electron chi connectivity index (χ0n) is 42.6. The summed E-state index contributed by atoms with van der Waals surface area (Å²) < 4.78 is 9.85. The van der Waals surface area contributed by atoms with E-state index < -0.39 is 0 Å². The first kappa shape index (κ1) is 42.0. The van der Waals surface area contributed by atoms with E-state index in [-0.39, 0.29) is 23.7 Å². The molecule has 4 aromatic heterocycles. The van der Waals surface area contributed by atoms with Crippen LogP contribution >= 0.6 is 0 Å². The van der Waals surface area contributed by atoms with Crippen molar-refractivity contribution in [2.24, 2.45) is 14.1 Å². The summed E-state index contributed by atoms with van der Waals surface area (Å²) in [5.41, 5.74) is 26.5. The Morgan fingerprint density at radius 1 is 0.284 bits per heavy atom. The van der Waals surface area contributed by atoms with Gasteiger partial charge in [0.2, 0.25) is 0 Å². The summed E-state index contributed by atoms with van der Waals surface area (Å²) in [6.45, 7) is 10.0. The van der Waals surface area contributed by atoms with E-state index in [1.807, 2.05) is 0 Å². The fourth-order valence-electron chi connectivity index (χ4n) is 14.4. The van der Waals surface area contributed by atoms with Gasteiger partial charge in [-0.1, -0.05) is 125 Å². The summed E-state index contributed by atoms with van der Waals surface area (Å²) in [6, 6.07) is 73.6.